The number of para-hydroxylation sites is 1. The Morgan fingerprint density at radius 1 is 1.30 bits per heavy atom. The van der Waals surface area contributed by atoms with Gasteiger partial charge in [0.25, 0.3) is 0 Å². The molecule has 1 atom stereocenters. The van der Waals surface area contributed by atoms with Crippen LogP contribution in [0.1, 0.15) is 0 Å². The first kappa shape index (κ1) is 7.48. The minimum Gasteiger partial charge on any atom is -0.343 e. The van der Waals surface area contributed by atoms with Crippen molar-refractivity contribution in [2.45, 2.75) is 0 Å². The zero-order chi connectivity index (χ0) is 7.40. The second-order valence-electron chi connectivity index (χ2n) is 1.82. The average Bonchev–Trinajstić information content (AvgIpc) is 1.88. The van der Waals surface area contributed by atoms with Gasteiger partial charge in [-0.2, -0.15) is 0 Å². The van der Waals surface area contributed by atoms with Crippen LogP contribution < -0.4 is 10.6 Å². The molecule has 0 aliphatic carbocycles. The van der Waals surface area contributed by atoms with Crippen molar-refractivity contribution in [1.29, 1.82) is 0 Å². The molecule has 0 fully saturated rings. The fourth-order valence-electron chi connectivity index (χ4n) is 0.645. The Hall–Kier alpha value is -0.630. The van der Waals surface area contributed by atoms with E-state index in [0.717, 1.165) is 5.69 Å². The fourth-order valence-corrected chi connectivity index (χ4v) is 1.06. The van der Waals surface area contributed by atoms with Crippen molar-refractivity contribution in [1.82, 2.24) is 0 Å². The standard InChI is InChI=1S/C6H9N2OP/c7-10(9)8-6-4-2-1-3-5-6/h1-5,8-9H,7H2. The lowest BCUT2D eigenvalue weighted by Crippen LogP contribution is -1.97. The molecule has 0 saturated carbocycles. The molecular formula is C6H9N2OP. The van der Waals surface area contributed by atoms with Gasteiger partial charge in [-0.3, -0.25) is 5.50 Å². The Morgan fingerprint density at radius 2 is 1.90 bits per heavy atom. The van der Waals surface area contributed by atoms with Gasteiger partial charge in [-0.25, -0.2) is 0 Å². The minimum absolute atomic E-state index is 0.846. The molecule has 0 bridgehead atoms. The van der Waals surface area contributed by atoms with E-state index in [1.165, 1.54) is 0 Å². The van der Waals surface area contributed by atoms with Crippen LogP contribution in [0, 0.1) is 0 Å². The van der Waals surface area contributed by atoms with Gasteiger partial charge in [-0.05, 0) is 12.1 Å². The van der Waals surface area contributed by atoms with Crippen molar-refractivity contribution in [2.24, 2.45) is 5.50 Å². The number of hydrogen-bond donors (Lipinski definition) is 3. The van der Waals surface area contributed by atoms with E-state index in [-0.39, 0.29) is 0 Å². The van der Waals surface area contributed by atoms with Gasteiger partial charge in [-0.1, -0.05) is 18.2 Å². The molecule has 0 amide bonds. The highest BCUT2D eigenvalue weighted by molar-refractivity contribution is 7.50. The normalized spacial score (nSPS) is 12.6. The molecule has 1 aromatic carbocycles. The Kier molecular flexibility index (Phi) is 2.63. The van der Waals surface area contributed by atoms with Crippen LogP contribution >= 0.6 is 8.45 Å². The number of hydrogen-bond acceptors (Lipinski definition) is 3. The van der Waals surface area contributed by atoms with Crippen molar-refractivity contribution in [3.63, 3.8) is 0 Å². The Bertz CT molecular complexity index is 190. The second kappa shape index (κ2) is 3.52. The number of nitrogens with two attached hydrogens (primary N) is 1. The van der Waals surface area contributed by atoms with Crippen LogP contribution in [-0.4, -0.2) is 4.89 Å². The van der Waals surface area contributed by atoms with E-state index in [9.17, 15) is 0 Å². The molecule has 0 radical (unpaired) electrons. The van der Waals surface area contributed by atoms with Crippen LogP contribution in [0.4, 0.5) is 5.69 Å². The first-order chi connectivity index (χ1) is 4.79. The number of nitrogens with one attached hydrogen (secondary N) is 1. The van der Waals surface area contributed by atoms with Crippen molar-refractivity contribution in [2.75, 3.05) is 5.09 Å². The molecule has 0 aliphatic rings. The molecule has 4 N–H and O–H groups in total. The fraction of sp³-hybridized carbons (Fsp3) is 0. The minimum atomic E-state index is -1.53. The summed E-state index contributed by atoms with van der Waals surface area (Å²) in [5.74, 6) is 0. The molecule has 10 heavy (non-hydrogen) atoms. The molecule has 1 aromatic rings. The molecule has 1 rings (SSSR count). The summed E-state index contributed by atoms with van der Waals surface area (Å²) in [4.78, 5) is 8.74. The van der Waals surface area contributed by atoms with Crippen LogP contribution in [0.15, 0.2) is 30.3 Å². The number of rotatable bonds is 2. The zero-order valence-corrected chi connectivity index (χ0v) is 6.25. The van der Waals surface area contributed by atoms with Gasteiger partial charge in [0.05, 0.1) is 0 Å². The van der Waals surface area contributed by atoms with E-state index >= 15 is 0 Å². The SMILES string of the molecule is NP(O)Nc1ccccc1. The third-order valence-electron chi connectivity index (χ3n) is 1.02. The summed E-state index contributed by atoms with van der Waals surface area (Å²) in [7, 11) is -1.53. The highest BCUT2D eigenvalue weighted by atomic mass is 31.2. The lowest BCUT2D eigenvalue weighted by molar-refractivity contribution is 0.631. The third-order valence-corrected chi connectivity index (χ3v) is 1.50. The maximum Gasteiger partial charge on any atom is 0.206 e. The molecule has 0 heterocycles. The predicted molar refractivity (Wildman–Crippen MR) is 43.4 cm³/mol. The lowest BCUT2D eigenvalue weighted by atomic mass is 10.3. The zero-order valence-electron chi connectivity index (χ0n) is 5.36. The number of benzene rings is 1. The molecular weight excluding hydrogens is 147 g/mol. The van der Waals surface area contributed by atoms with Crippen LogP contribution in [-0.2, 0) is 0 Å². The van der Waals surface area contributed by atoms with E-state index < -0.39 is 8.45 Å². The first-order valence-electron chi connectivity index (χ1n) is 2.84. The van der Waals surface area contributed by atoms with Crippen molar-refractivity contribution >= 4 is 14.1 Å². The van der Waals surface area contributed by atoms with Crippen molar-refractivity contribution in [3.8, 4) is 0 Å². The smallest absolute Gasteiger partial charge is 0.206 e. The monoisotopic (exact) mass is 156 g/mol. The maximum atomic E-state index is 8.74. The highest BCUT2D eigenvalue weighted by Gasteiger charge is 1.93. The van der Waals surface area contributed by atoms with Crippen LogP contribution in [0.3, 0.4) is 0 Å². The van der Waals surface area contributed by atoms with Gasteiger partial charge in [-0.15, -0.1) is 0 Å². The highest BCUT2D eigenvalue weighted by Crippen LogP contribution is 2.21. The van der Waals surface area contributed by atoms with Gasteiger partial charge in [0, 0.05) is 5.69 Å². The van der Waals surface area contributed by atoms with E-state index in [2.05, 4.69) is 5.09 Å². The van der Waals surface area contributed by atoms with Gasteiger partial charge in [0.15, 0.2) is 0 Å². The summed E-state index contributed by atoms with van der Waals surface area (Å²) in [5, 5.41) is 2.70. The second-order valence-corrected chi connectivity index (χ2v) is 2.74. The molecule has 4 heteroatoms. The molecule has 0 aliphatic heterocycles. The molecule has 0 saturated heterocycles. The quantitative estimate of drug-likeness (QED) is 0.565. The van der Waals surface area contributed by atoms with Gasteiger partial charge in [0.2, 0.25) is 8.45 Å². The molecule has 1 unspecified atom stereocenters. The summed E-state index contributed by atoms with van der Waals surface area (Å²) >= 11 is 0. The average molecular weight is 156 g/mol. The summed E-state index contributed by atoms with van der Waals surface area (Å²) in [5.41, 5.74) is 5.98. The first-order valence-corrected chi connectivity index (χ1v) is 4.21. The van der Waals surface area contributed by atoms with Gasteiger partial charge < -0.3 is 9.98 Å². The molecule has 0 spiro atoms. The van der Waals surface area contributed by atoms with Gasteiger partial charge in [0.1, 0.15) is 0 Å². The van der Waals surface area contributed by atoms with E-state index in [1.807, 2.05) is 30.3 Å². The van der Waals surface area contributed by atoms with E-state index in [0.29, 0.717) is 0 Å². The summed E-state index contributed by atoms with van der Waals surface area (Å²) in [6.07, 6.45) is 0. The Labute approximate surface area is 60.8 Å². The Balaban J connectivity index is 2.59. The number of anilines is 1. The topological polar surface area (TPSA) is 58.3 Å². The van der Waals surface area contributed by atoms with Crippen molar-refractivity contribution < 1.29 is 4.89 Å². The molecule has 0 aromatic heterocycles. The van der Waals surface area contributed by atoms with E-state index in [1.54, 1.807) is 0 Å². The molecule has 54 valence electrons. The lowest BCUT2D eigenvalue weighted by Gasteiger charge is -2.05. The third kappa shape index (κ3) is 2.31. The summed E-state index contributed by atoms with van der Waals surface area (Å²) in [6, 6.07) is 9.35. The Morgan fingerprint density at radius 3 is 2.40 bits per heavy atom. The van der Waals surface area contributed by atoms with E-state index in [4.69, 9.17) is 10.4 Å². The van der Waals surface area contributed by atoms with Crippen LogP contribution in [0.5, 0.6) is 0 Å². The predicted octanol–water partition coefficient (Wildman–Crippen LogP) is 1.28. The summed E-state index contributed by atoms with van der Waals surface area (Å²) < 4.78 is 0. The van der Waals surface area contributed by atoms with Gasteiger partial charge >= 0.3 is 0 Å². The summed E-state index contributed by atoms with van der Waals surface area (Å²) in [6.45, 7) is 0. The van der Waals surface area contributed by atoms with Crippen molar-refractivity contribution in [3.05, 3.63) is 30.3 Å². The van der Waals surface area contributed by atoms with Crippen LogP contribution in [0.2, 0.25) is 0 Å². The maximum absolute atomic E-state index is 8.74. The largest absolute Gasteiger partial charge is 0.343 e. The molecule has 3 nitrogen and oxygen atoms in total. The van der Waals surface area contributed by atoms with Crippen LogP contribution in [0.25, 0.3) is 0 Å².